The molecule has 1 amide bonds. The third-order valence-corrected chi connectivity index (χ3v) is 2.00. The minimum Gasteiger partial charge on any atom is -0.468 e. The normalized spacial score (nSPS) is 19.3. The number of rotatable bonds is 3. The predicted octanol–water partition coefficient (Wildman–Crippen LogP) is -1.65. The van der Waals surface area contributed by atoms with Crippen LogP contribution in [-0.4, -0.2) is 56.2 Å². The van der Waals surface area contributed by atoms with Gasteiger partial charge >= 0.3 is 5.97 Å². The second-order valence-electron chi connectivity index (χ2n) is 3.02. The monoisotopic (exact) mass is 202 g/mol. The van der Waals surface area contributed by atoms with Gasteiger partial charge in [0.15, 0.2) is 0 Å². The second-order valence-corrected chi connectivity index (χ2v) is 3.02. The molecule has 1 atom stereocenters. The Bertz CT molecular complexity index is 231. The summed E-state index contributed by atoms with van der Waals surface area (Å²) in [6.07, 6.45) is 0. The Morgan fingerprint density at radius 2 is 2.50 bits per heavy atom. The number of morpholine rings is 1. The summed E-state index contributed by atoms with van der Waals surface area (Å²) >= 11 is 0. The van der Waals surface area contributed by atoms with Crippen LogP contribution in [0.1, 0.15) is 0 Å². The molecule has 1 rings (SSSR count). The molecule has 14 heavy (non-hydrogen) atoms. The topological polar surface area (TPSA) is 81.9 Å². The summed E-state index contributed by atoms with van der Waals surface area (Å²) in [6, 6.07) is -0.776. The van der Waals surface area contributed by atoms with Crippen LogP contribution in [-0.2, 0) is 19.1 Å². The number of carbonyl (C=O) groups excluding carboxylic acids is 2. The lowest BCUT2D eigenvalue weighted by molar-refractivity contribution is -0.147. The van der Waals surface area contributed by atoms with Crippen molar-refractivity contribution in [1.29, 1.82) is 0 Å². The van der Waals surface area contributed by atoms with Crippen molar-refractivity contribution in [2.75, 3.05) is 33.4 Å². The van der Waals surface area contributed by atoms with Gasteiger partial charge in [-0.25, -0.2) is 0 Å². The van der Waals surface area contributed by atoms with Gasteiger partial charge in [-0.3, -0.25) is 9.59 Å². The van der Waals surface area contributed by atoms with Gasteiger partial charge < -0.3 is 20.1 Å². The van der Waals surface area contributed by atoms with E-state index in [0.717, 1.165) is 0 Å². The highest BCUT2D eigenvalue weighted by Gasteiger charge is 2.24. The molecular formula is C8H14N2O4. The molecule has 0 radical (unpaired) electrons. The highest BCUT2D eigenvalue weighted by Crippen LogP contribution is 2.00. The van der Waals surface area contributed by atoms with Crippen LogP contribution in [0.4, 0.5) is 0 Å². The Kier molecular flexibility index (Phi) is 3.84. The Morgan fingerprint density at radius 1 is 1.79 bits per heavy atom. The number of hydrogen-bond acceptors (Lipinski definition) is 5. The van der Waals surface area contributed by atoms with Crippen molar-refractivity contribution >= 4 is 11.9 Å². The zero-order chi connectivity index (χ0) is 10.6. The molecule has 0 spiro atoms. The number of nitrogens with two attached hydrogens (primary N) is 1. The van der Waals surface area contributed by atoms with Gasteiger partial charge in [0.1, 0.15) is 12.6 Å². The maximum absolute atomic E-state index is 11.2. The highest BCUT2D eigenvalue weighted by atomic mass is 16.5. The van der Waals surface area contributed by atoms with Gasteiger partial charge in [-0.2, -0.15) is 0 Å². The van der Waals surface area contributed by atoms with Crippen LogP contribution in [0.25, 0.3) is 0 Å². The molecule has 2 N–H and O–H groups in total. The Labute approximate surface area is 81.9 Å². The van der Waals surface area contributed by atoms with E-state index in [4.69, 9.17) is 10.5 Å². The Hall–Kier alpha value is -1.14. The van der Waals surface area contributed by atoms with Gasteiger partial charge in [-0.05, 0) is 0 Å². The van der Waals surface area contributed by atoms with Crippen LogP contribution >= 0.6 is 0 Å². The first kappa shape index (κ1) is 10.9. The maximum Gasteiger partial charge on any atom is 0.324 e. The summed E-state index contributed by atoms with van der Waals surface area (Å²) in [5.74, 6) is -0.653. The largest absolute Gasteiger partial charge is 0.468 e. The van der Waals surface area contributed by atoms with Crippen molar-refractivity contribution in [1.82, 2.24) is 4.90 Å². The first-order chi connectivity index (χ1) is 6.65. The van der Waals surface area contributed by atoms with E-state index in [-0.39, 0.29) is 19.1 Å². The number of ether oxygens (including phenoxy) is 2. The third kappa shape index (κ3) is 2.68. The molecule has 1 unspecified atom stereocenters. The van der Waals surface area contributed by atoms with Crippen molar-refractivity contribution in [3.05, 3.63) is 0 Å². The van der Waals surface area contributed by atoms with Crippen molar-refractivity contribution < 1.29 is 19.1 Å². The van der Waals surface area contributed by atoms with Gasteiger partial charge in [0, 0.05) is 13.1 Å². The minimum absolute atomic E-state index is 0.0634. The molecule has 0 aromatic rings. The van der Waals surface area contributed by atoms with E-state index >= 15 is 0 Å². The van der Waals surface area contributed by atoms with Crippen LogP contribution in [0.15, 0.2) is 0 Å². The number of carbonyl (C=O) groups is 2. The molecule has 1 aliphatic heterocycles. The molecule has 1 aliphatic rings. The molecule has 0 aromatic heterocycles. The molecule has 0 saturated carbocycles. The Morgan fingerprint density at radius 3 is 3.07 bits per heavy atom. The quantitative estimate of drug-likeness (QED) is 0.554. The first-order valence-electron chi connectivity index (χ1n) is 4.34. The number of esters is 1. The fraction of sp³-hybridized carbons (Fsp3) is 0.750. The molecule has 6 nitrogen and oxygen atoms in total. The molecule has 6 heteroatoms. The summed E-state index contributed by atoms with van der Waals surface area (Å²) in [7, 11) is 1.27. The number of methoxy groups -OCH3 is 1. The number of amides is 1. The highest BCUT2D eigenvalue weighted by molar-refractivity contribution is 5.80. The summed E-state index contributed by atoms with van der Waals surface area (Å²) in [5, 5.41) is 0. The molecule has 1 saturated heterocycles. The molecule has 1 fully saturated rings. The van der Waals surface area contributed by atoms with Crippen LogP contribution in [0.5, 0.6) is 0 Å². The summed E-state index contributed by atoms with van der Waals surface area (Å²) < 4.78 is 9.39. The van der Waals surface area contributed by atoms with Crippen LogP contribution in [0.3, 0.4) is 0 Å². The van der Waals surface area contributed by atoms with E-state index in [9.17, 15) is 9.59 Å². The zero-order valence-electron chi connectivity index (χ0n) is 8.06. The van der Waals surface area contributed by atoms with E-state index in [1.807, 2.05) is 0 Å². The lowest BCUT2D eigenvalue weighted by Gasteiger charge is -2.28. The molecule has 0 aliphatic carbocycles. The average Bonchev–Trinajstić information content (AvgIpc) is 2.20. The van der Waals surface area contributed by atoms with E-state index in [2.05, 4.69) is 4.74 Å². The van der Waals surface area contributed by atoms with E-state index in [1.54, 1.807) is 0 Å². The van der Waals surface area contributed by atoms with Crippen LogP contribution < -0.4 is 5.73 Å². The lowest BCUT2D eigenvalue weighted by atomic mass is 10.2. The predicted molar refractivity (Wildman–Crippen MR) is 47.4 cm³/mol. The van der Waals surface area contributed by atoms with Crippen molar-refractivity contribution in [3.8, 4) is 0 Å². The summed E-state index contributed by atoms with van der Waals surface area (Å²) in [6.45, 7) is 1.21. The SMILES string of the molecule is COC(=O)C(N)CN1CCOCC1=O. The van der Waals surface area contributed by atoms with Crippen LogP contribution in [0, 0.1) is 0 Å². The van der Waals surface area contributed by atoms with E-state index in [0.29, 0.717) is 13.2 Å². The fourth-order valence-electron chi connectivity index (χ4n) is 1.21. The first-order valence-corrected chi connectivity index (χ1v) is 4.34. The third-order valence-electron chi connectivity index (χ3n) is 2.00. The molecule has 80 valence electrons. The Balaban J connectivity index is 2.42. The summed E-state index contributed by atoms with van der Waals surface area (Å²) in [4.78, 5) is 23.7. The standard InChI is InChI=1S/C8H14N2O4/c1-13-8(12)6(9)4-10-2-3-14-5-7(10)11/h6H,2-5,9H2,1H3. The number of nitrogens with zero attached hydrogens (tertiary/aromatic N) is 1. The summed E-state index contributed by atoms with van der Waals surface area (Å²) in [5.41, 5.74) is 5.51. The lowest BCUT2D eigenvalue weighted by Crippen LogP contribution is -2.50. The molecule has 1 heterocycles. The second kappa shape index (κ2) is 4.92. The van der Waals surface area contributed by atoms with Gasteiger partial charge in [0.25, 0.3) is 0 Å². The van der Waals surface area contributed by atoms with E-state index < -0.39 is 12.0 Å². The van der Waals surface area contributed by atoms with Gasteiger partial charge in [0.05, 0.1) is 13.7 Å². The molecule has 0 bridgehead atoms. The number of hydrogen-bond donors (Lipinski definition) is 1. The molecule has 0 aromatic carbocycles. The minimum atomic E-state index is -0.776. The van der Waals surface area contributed by atoms with Gasteiger partial charge in [-0.1, -0.05) is 0 Å². The maximum atomic E-state index is 11.2. The van der Waals surface area contributed by atoms with Gasteiger partial charge in [-0.15, -0.1) is 0 Å². The van der Waals surface area contributed by atoms with Crippen molar-refractivity contribution in [2.45, 2.75) is 6.04 Å². The smallest absolute Gasteiger partial charge is 0.324 e. The molecular weight excluding hydrogens is 188 g/mol. The van der Waals surface area contributed by atoms with Gasteiger partial charge in [0.2, 0.25) is 5.91 Å². The zero-order valence-corrected chi connectivity index (χ0v) is 8.06. The fourth-order valence-corrected chi connectivity index (χ4v) is 1.21. The van der Waals surface area contributed by atoms with Crippen molar-refractivity contribution in [2.24, 2.45) is 5.73 Å². The average molecular weight is 202 g/mol. The van der Waals surface area contributed by atoms with Crippen molar-refractivity contribution in [3.63, 3.8) is 0 Å². The van der Waals surface area contributed by atoms with E-state index in [1.165, 1.54) is 12.0 Å². The van der Waals surface area contributed by atoms with Crippen LogP contribution in [0.2, 0.25) is 0 Å².